The van der Waals surface area contributed by atoms with Crippen molar-refractivity contribution in [1.82, 2.24) is 20.4 Å². The van der Waals surface area contributed by atoms with Gasteiger partial charge in [-0.1, -0.05) is 0 Å². The van der Waals surface area contributed by atoms with Crippen LogP contribution in [-0.4, -0.2) is 45.5 Å². The summed E-state index contributed by atoms with van der Waals surface area (Å²) in [6, 6.07) is 1.71. The first-order valence-electron chi connectivity index (χ1n) is 6.99. The first-order valence-corrected chi connectivity index (χ1v) is 6.99. The van der Waals surface area contributed by atoms with Crippen molar-refractivity contribution in [1.29, 1.82) is 0 Å². The first-order chi connectivity index (χ1) is 9.62. The van der Waals surface area contributed by atoms with E-state index in [0.717, 1.165) is 19.3 Å². The molecule has 6 nitrogen and oxygen atoms in total. The van der Waals surface area contributed by atoms with Gasteiger partial charge in [0.2, 0.25) is 5.91 Å². The van der Waals surface area contributed by atoms with Crippen LogP contribution < -0.4 is 5.32 Å². The summed E-state index contributed by atoms with van der Waals surface area (Å²) in [6.07, 6.45) is 4.84. The Labute approximate surface area is 117 Å². The Bertz CT molecular complexity index is 554. The Hall–Kier alpha value is -1.98. The summed E-state index contributed by atoms with van der Waals surface area (Å²) in [5.41, 5.74) is 0.934. The molecule has 0 aromatic carbocycles. The zero-order chi connectivity index (χ0) is 14.2. The molecule has 1 spiro atoms. The molecule has 1 saturated heterocycles. The molecule has 1 aromatic rings. The third-order valence-corrected chi connectivity index (χ3v) is 4.38. The van der Waals surface area contributed by atoms with Crippen molar-refractivity contribution in [3.63, 3.8) is 0 Å². The van der Waals surface area contributed by atoms with Gasteiger partial charge in [-0.25, -0.2) is 0 Å². The van der Waals surface area contributed by atoms with E-state index in [1.165, 1.54) is 6.20 Å². The van der Waals surface area contributed by atoms with Crippen LogP contribution in [0.1, 0.15) is 41.7 Å². The van der Waals surface area contributed by atoms with Gasteiger partial charge in [-0.15, -0.1) is 0 Å². The second kappa shape index (κ2) is 4.85. The van der Waals surface area contributed by atoms with Gasteiger partial charge in [0.05, 0.1) is 23.0 Å². The molecule has 2 fully saturated rings. The highest BCUT2D eigenvalue weighted by molar-refractivity contribution is 5.96. The fourth-order valence-corrected chi connectivity index (χ4v) is 3.12. The van der Waals surface area contributed by atoms with Crippen molar-refractivity contribution in [2.45, 2.75) is 38.1 Å². The summed E-state index contributed by atoms with van der Waals surface area (Å²) in [7, 11) is 0. The highest BCUT2D eigenvalue weighted by Crippen LogP contribution is 2.42. The van der Waals surface area contributed by atoms with Crippen LogP contribution in [0.3, 0.4) is 0 Å². The molecule has 1 aliphatic carbocycles. The van der Waals surface area contributed by atoms with Gasteiger partial charge in [-0.2, -0.15) is 10.2 Å². The standard InChI is InChI=1S/C14H18N4O2/c1-10-11(3-6-16-17-10)13(20)18-8-7-15-12(19)9-14(18)4-2-5-14/h3,6H,2,4-5,7-9H2,1H3,(H,15,19). The number of nitrogens with zero attached hydrogens (tertiary/aromatic N) is 3. The molecule has 1 aliphatic heterocycles. The molecule has 1 saturated carbocycles. The summed E-state index contributed by atoms with van der Waals surface area (Å²) >= 11 is 0. The molecule has 2 heterocycles. The van der Waals surface area contributed by atoms with E-state index in [1.807, 2.05) is 4.90 Å². The minimum atomic E-state index is -0.284. The summed E-state index contributed by atoms with van der Waals surface area (Å²) in [6.45, 7) is 2.87. The van der Waals surface area contributed by atoms with Crippen molar-refractivity contribution < 1.29 is 9.59 Å². The number of carbonyl (C=O) groups is 2. The van der Waals surface area contributed by atoms with Crippen molar-refractivity contribution in [2.24, 2.45) is 0 Å². The molecule has 0 atom stereocenters. The smallest absolute Gasteiger partial charge is 0.256 e. The number of hydrogen-bond acceptors (Lipinski definition) is 4. The fraction of sp³-hybridized carbons (Fsp3) is 0.571. The van der Waals surface area contributed by atoms with Crippen molar-refractivity contribution in [2.75, 3.05) is 13.1 Å². The highest BCUT2D eigenvalue weighted by atomic mass is 16.2. The Balaban J connectivity index is 1.93. The third kappa shape index (κ3) is 2.05. The molecule has 1 aromatic heterocycles. The van der Waals surface area contributed by atoms with Gasteiger partial charge in [-0.3, -0.25) is 9.59 Å². The fourth-order valence-electron chi connectivity index (χ4n) is 3.12. The number of rotatable bonds is 1. The molecular weight excluding hydrogens is 256 g/mol. The average Bonchev–Trinajstić information content (AvgIpc) is 2.57. The normalized spacial score (nSPS) is 21.1. The summed E-state index contributed by atoms with van der Waals surface area (Å²) in [5.74, 6) is 0.0122. The van der Waals surface area contributed by atoms with E-state index in [9.17, 15) is 9.59 Å². The maximum Gasteiger partial charge on any atom is 0.256 e. The van der Waals surface area contributed by atoms with Gasteiger partial charge in [0.1, 0.15) is 0 Å². The number of amides is 2. The molecule has 2 amide bonds. The zero-order valence-electron chi connectivity index (χ0n) is 11.6. The lowest BCUT2D eigenvalue weighted by molar-refractivity contribution is -0.123. The number of carbonyl (C=O) groups excluding carboxylic acids is 2. The molecule has 20 heavy (non-hydrogen) atoms. The number of hydrogen-bond donors (Lipinski definition) is 1. The summed E-state index contributed by atoms with van der Waals surface area (Å²) in [4.78, 5) is 26.5. The Kier molecular flexibility index (Phi) is 3.16. The van der Waals surface area contributed by atoms with Gasteiger partial charge >= 0.3 is 0 Å². The van der Waals surface area contributed by atoms with E-state index >= 15 is 0 Å². The number of nitrogens with one attached hydrogen (secondary N) is 1. The molecule has 0 bridgehead atoms. The van der Waals surface area contributed by atoms with E-state index in [-0.39, 0.29) is 17.4 Å². The van der Waals surface area contributed by atoms with E-state index in [1.54, 1.807) is 13.0 Å². The van der Waals surface area contributed by atoms with E-state index in [2.05, 4.69) is 15.5 Å². The van der Waals surface area contributed by atoms with Crippen LogP contribution >= 0.6 is 0 Å². The van der Waals surface area contributed by atoms with Crippen LogP contribution in [0.15, 0.2) is 12.3 Å². The molecule has 0 unspecified atom stereocenters. The first kappa shape index (κ1) is 13.0. The predicted octanol–water partition coefficient (Wildman–Crippen LogP) is 0.670. The van der Waals surface area contributed by atoms with Crippen LogP contribution in [0.4, 0.5) is 0 Å². The molecule has 2 aliphatic rings. The maximum atomic E-state index is 12.8. The van der Waals surface area contributed by atoms with E-state index in [0.29, 0.717) is 30.8 Å². The Morgan fingerprint density at radius 3 is 2.90 bits per heavy atom. The van der Waals surface area contributed by atoms with Crippen LogP contribution in [0, 0.1) is 6.92 Å². The summed E-state index contributed by atoms with van der Waals surface area (Å²) < 4.78 is 0. The van der Waals surface area contributed by atoms with Crippen LogP contribution in [0.5, 0.6) is 0 Å². The van der Waals surface area contributed by atoms with Gasteiger partial charge in [0, 0.05) is 19.5 Å². The highest BCUT2D eigenvalue weighted by Gasteiger charge is 2.47. The molecular formula is C14H18N4O2. The van der Waals surface area contributed by atoms with E-state index in [4.69, 9.17) is 0 Å². The van der Waals surface area contributed by atoms with Crippen LogP contribution in [-0.2, 0) is 4.79 Å². The number of aromatic nitrogens is 2. The Morgan fingerprint density at radius 2 is 2.25 bits per heavy atom. The van der Waals surface area contributed by atoms with Gasteiger partial charge in [0.25, 0.3) is 5.91 Å². The quantitative estimate of drug-likeness (QED) is 0.816. The average molecular weight is 274 g/mol. The van der Waals surface area contributed by atoms with Gasteiger partial charge in [-0.05, 0) is 32.3 Å². The molecule has 3 rings (SSSR count). The molecule has 106 valence electrons. The second-order valence-corrected chi connectivity index (χ2v) is 5.59. The monoisotopic (exact) mass is 274 g/mol. The van der Waals surface area contributed by atoms with Crippen molar-refractivity contribution in [3.05, 3.63) is 23.5 Å². The minimum absolute atomic E-state index is 0.0337. The minimum Gasteiger partial charge on any atom is -0.354 e. The SMILES string of the molecule is Cc1nnccc1C(=O)N1CCNC(=O)CC12CCC2. The maximum absolute atomic E-state index is 12.8. The molecule has 6 heteroatoms. The van der Waals surface area contributed by atoms with Gasteiger partial charge in [0.15, 0.2) is 0 Å². The Morgan fingerprint density at radius 1 is 1.45 bits per heavy atom. The lowest BCUT2D eigenvalue weighted by Gasteiger charge is -2.48. The second-order valence-electron chi connectivity index (χ2n) is 5.59. The molecule has 0 radical (unpaired) electrons. The van der Waals surface area contributed by atoms with E-state index < -0.39 is 0 Å². The topological polar surface area (TPSA) is 75.2 Å². The number of aryl methyl sites for hydroxylation is 1. The van der Waals surface area contributed by atoms with Crippen LogP contribution in [0.2, 0.25) is 0 Å². The van der Waals surface area contributed by atoms with Crippen molar-refractivity contribution >= 4 is 11.8 Å². The summed E-state index contributed by atoms with van der Waals surface area (Å²) in [5, 5.41) is 10.6. The van der Waals surface area contributed by atoms with Gasteiger partial charge < -0.3 is 10.2 Å². The molecule has 1 N–H and O–H groups in total. The largest absolute Gasteiger partial charge is 0.354 e. The third-order valence-electron chi connectivity index (χ3n) is 4.38. The predicted molar refractivity (Wildman–Crippen MR) is 72.0 cm³/mol. The van der Waals surface area contributed by atoms with Crippen molar-refractivity contribution in [3.8, 4) is 0 Å². The lowest BCUT2D eigenvalue weighted by atomic mass is 9.72. The lowest BCUT2D eigenvalue weighted by Crippen LogP contribution is -2.56. The van der Waals surface area contributed by atoms with Crippen LogP contribution in [0.25, 0.3) is 0 Å². The zero-order valence-corrected chi connectivity index (χ0v) is 11.6.